The maximum Gasteiger partial charge on any atom is 0.295 e. The highest BCUT2D eigenvalue weighted by molar-refractivity contribution is 9.10. The van der Waals surface area contributed by atoms with Crippen LogP contribution in [0.4, 0.5) is 5.69 Å². The van der Waals surface area contributed by atoms with Crippen LogP contribution in [0.3, 0.4) is 0 Å². The van der Waals surface area contributed by atoms with Crippen LogP contribution in [0.2, 0.25) is 0 Å². The molecule has 7 heteroatoms. The van der Waals surface area contributed by atoms with E-state index in [1.54, 1.807) is 6.07 Å². The first-order chi connectivity index (χ1) is 16.1. The molecule has 2 atom stereocenters. The molecule has 5 rings (SSSR count). The Hall–Kier alpha value is -2.51. The number of amides is 1. The molecule has 2 fully saturated rings. The van der Waals surface area contributed by atoms with Gasteiger partial charge in [0, 0.05) is 28.0 Å². The molecule has 0 unspecified atom stereocenters. The molecule has 2 aliphatic rings. The number of aromatic hydroxyl groups is 1. The van der Waals surface area contributed by atoms with Crippen LogP contribution < -0.4 is 0 Å². The second-order valence-corrected chi connectivity index (χ2v) is 12.1. The van der Waals surface area contributed by atoms with Gasteiger partial charge in [-0.1, -0.05) is 54.9 Å². The summed E-state index contributed by atoms with van der Waals surface area (Å²) in [6.45, 7) is 10.6. The number of rotatable bonds is 4. The third-order valence-corrected chi connectivity index (χ3v) is 7.93. The summed E-state index contributed by atoms with van der Waals surface area (Å²) in [5.41, 5.74) is 3.19. The highest BCUT2D eigenvalue weighted by atomic mass is 79.9. The lowest BCUT2D eigenvalue weighted by atomic mass is 9.65. The van der Waals surface area contributed by atoms with Crippen LogP contribution in [0.15, 0.2) is 57.2 Å². The van der Waals surface area contributed by atoms with E-state index in [4.69, 9.17) is 0 Å². The first-order valence-corrected chi connectivity index (χ1v) is 12.6. The van der Waals surface area contributed by atoms with Crippen LogP contribution >= 0.6 is 15.9 Å². The van der Waals surface area contributed by atoms with Crippen molar-refractivity contribution < 1.29 is 9.90 Å². The zero-order valence-corrected chi connectivity index (χ0v) is 21.8. The van der Waals surface area contributed by atoms with Gasteiger partial charge in [-0.15, -0.1) is 10.2 Å². The smallest absolute Gasteiger partial charge is 0.295 e. The Kier molecular flexibility index (Phi) is 5.68. The monoisotopic (exact) mass is 522 g/mol. The minimum Gasteiger partial charge on any atom is -0.493 e. The molecule has 34 heavy (non-hydrogen) atoms. The molecule has 2 aromatic carbocycles. The van der Waals surface area contributed by atoms with Gasteiger partial charge in [-0.3, -0.25) is 14.3 Å². The van der Waals surface area contributed by atoms with Crippen molar-refractivity contribution in [2.75, 3.05) is 6.54 Å². The highest BCUT2D eigenvalue weighted by Crippen LogP contribution is 2.53. The normalized spacial score (nSPS) is 24.3. The van der Waals surface area contributed by atoms with Gasteiger partial charge in [-0.25, -0.2) is 0 Å². The lowest BCUT2D eigenvalue weighted by molar-refractivity contribution is 0.0994. The quantitative estimate of drug-likeness (QED) is 0.368. The van der Waals surface area contributed by atoms with Crippen LogP contribution in [-0.4, -0.2) is 33.1 Å². The summed E-state index contributed by atoms with van der Waals surface area (Å²) in [6.07, 6.45) is 3.57. The second-order valence-electron chi connectivity index (χ2n) is 11.2. The van der Waals surface area contributed by atoms with Crippen molar-refractivity contribution in [3.63, 3.8) is 0 Å². The molecular weight excluding hydrogens is 492 g/mol. The molecule has 0 spiro atoms. The fourth-order valence-electron chi connectivity index (χ4n) is 6.42. The first-order valence-electron chi connectivity index (χ1n) is 11.8. The molecular formula is C27H31BrN4O2. The Bertz CT molecular complexity index is 1310. The molecule has 0 radical (unpaired) electrons. The Morgan fingerprint density at radius 2 is 1.94 bits per heavy atom. The molecule has 2 bridgehead atoms. The summed E-state index contributed by atoms with van der Waals surface area (Å²) in [4.78, 5) is 15.2. The van der Waals surface area contributed by atoms with E-state index in [2.05, 4.69) is 51.8 Å². The summed E-state index contributed by atoms with van der Waals surface area (Å²) in [5, 5.41) is 20.3. The number of azo groups is 1. The van der Waals surface area contributed by atoms with E-state index < -0.39 is 5.91 Å². The topological polar surface area (TPSA) is 70.2 Å². The van der Waals surface area contributed by atoms with E-state index >= 15 is 0 Å². The van der Waals surface area contributed by atoms with E-state index in [0.29, 0.717) is 34.8 Å². The van der Waals surface area contributed by atoms with E-state index in [1.807, 2.05) is 47.9 Å². The van der Waals surface area contributed by atoms with Crippen molar-refractivity contribution in [1.82, 2.24) is 9.47 Å². The van der Waals surface area contributed by atoms with E-state index in [0.717, 1.165) is 33.9 Å². The van der Waals surface area contributed by atoms with Gasteiger partial charge in [0.15, 0.2) is 5.69 Å². The zero-order chi connectivity index (χ0) is 24.3. The molecule has 1 N–H and O–H groups in total. The molecule has 1 aliphatic carbocycles. The predicted octanol–water partition coefficient (Wildman–Crippen LogP) is 7.20. The van der Waals surface area contributed by atoms with Gasteiger partial charge >= 0.3 is 0 Å². The van der Waals surface area contributed by atoms with Gasteiger partial charge in [0.2, 0.25) is 5.88 Å². The van der Waals surface area contributed by atoms with E-state index in [1.165, 1.54) is 12.8 Å². The highest BCUT2D eigenvalue weighted by Gasteiger charge is 2.49. The van der Waals surface area contributed by atoms with Gasteiger partial charge < -0.3 is 5.11 Å². The molecule has 1 saturated carbocycles. The molecule has 6 nitrogen and oxygen atoms in total. The van der Waals surface area contributed by atoms with Crippen molar-refractivity contribution >= 4 is 38.4 Å². The van der Waals surface area contributed by atoms with Crippen molar-refractivity contribution in [1.29, 1.82) is 0 Å². The number of likely N-dealkylation sites (tertiary alicyclic amines) is 1. The van der Waals surface area contributed by atoms with E-state index in [9.17, 15) is 9.90 Å². The minimum atomic E-state index is -0.420. The summed E-state index contributed by atoms with van der Waals surface area (Å²) in [6, 6.07) is 13.7. The number of carbonyl (C=O) groups excluding carboxylic acids is 1. The van der Waals surface area contributed by atoms with Crippen molar-refractivity contribution in [2.24, 2.45) is 21.1 Å². The number of halogens is 1. The summed E-state index contributed by atoms with van der Waals surface area (Å²) >= 11 is 3.53. The molecule has 1 aliphatic heterocycles. The van der Waals surface area contributed by atoms with E-state index in [-0.39, 0.29) is 5.88 Å². The van der Waals surface area contributed by atoms with Crippen LogP contribution in [0, 0.1) is 17.8 Å². The standard InChI is InChI=1S/C27H31BrN4O2/c1-17-7-5-6-8-20(17)24(33)30-29-23-21-11-18(28)9-10-22(21)32(25(23)34)16-31-15-27(4)13-19(31)12-26(2,3)14-27/h5-11,19,34H,12-16H2,1-4H3/t19-,27+/m1/s1. The number of carbonyl (C=O) groups is 1. The van der Waals surface area contributed by atoms with Crippen LogP contribution in [0.25, 0.3) is 10.9 Å². The number of aryl methyl sites for hydroxylation is 1. The number of fused-ring (bicyclic) bond motifs is 3. The van der Waals surface area contributed by atoms with Crippen molar-refractivity contribution in [3.05, 3.63) is 58.1 Å². The third kappa shape index (κ3) is 4.20. The van der Waals surface area contributed by atoms with Gasteiger partial charge in [0.05, 0.1) is 12.2 Å². The molecule has 3 aromatic rings. The summed E-state index contributed by atoms with van der Waals surface area (Å²) in [5.74, 6) is -0.378. The van der Waals surface area contributed by atoms with Gasteiger partial charge in [-0.05, 0) is 66.8 Å². The number of hydrogen-bond donors (Lipinski definition) is 1. The fraction of sp³-hybridized carbons (Fsp3) is 0.444. The predicted molar refractivity (Wildman–Crippen MR) is 138 cm³/mol. The Morgan fingerprint density at radius 1 is 1.18 bits per heavy atom. The maximum absolute atomic E-state index is 12.7. The Labute approximate surface area is 208 Å². The SMILES string of the molecule is Cc1ccccc1C(=O)N=Nc1c(O)n(CN2C[C@@]3(C)C[C@H]2CC(C)(C)C3)c2ccc(Br)cc12. The zero-order valence-electron chi connectivity index (χ0n) is 20.2. The molecule has 1 aromatic heterocycles. The fourth-order valence-corrected chi connectivity index (χ4v) is 6.78. The number of hydrogen-bond acceptors (Lipinski definition) is 4. The van der Waals surface area contributed by atoms with Crippen LogP contribution in [0.5, 0.6) is 5.88 Å². The Balaban J connectivity index is 1.50. The lowest BCUT2D eigenvalue weighted by Gasteiger charge is -2.40. The minimum absolute atomic E-state index is 0.0419. The molecule has 1 amide bonds. The third-order valence-electron chi connectivity index (χ3n) is 7.43. The Morgan fingerprint density at radius 3 is 2.71 bits per heavy atom. The maximum atomic E-state index is 12.7. The number of benzene rings is 2. The second kappa shape index (κ2) is 8.31. The van der Waals surface area contributed by atoms with Crippen molar-refractivity contribution in [2.45, 2.75) is 59.7 Å². The molecule has 178 valence electrons. The largest absolute Gasteiger partial charge is 0.493 e. The number of aromatic nitrogens is 1. The van der Waals surface area contributed by atoms with Crippen molar-refractivity contribution in [3.8, 4) is 5.88 Å². The van der Waals surface area contributed by atoms with Gasteiger partial charge in [0.25, 0.3) is 5.91 Å². The average Bonchev–Trinajstić information content (AvgIpc) is 3.14. The van der Waals surface area contributed by atoms with Crippen LogP contribution in [0.1, 0.15) is 56.0 Å². The first kappa shape index (κ1) is 23.2. The molecule has 1 saturated heterocycles. The van der Waals surface area contributed by atoms with Crippen LogP contribution in [-0.2, 0) is 6.67 Å². The number of nitrogens with zero attached hydrogens (tertiary/aromatic N) is 4. The summed E-state index contributed by atoms with van der Waals surface area (Å²) < 4.78 is 2.79. The van der Waals surface area contributed by atoms with Gasteiger partial charge in [0.1, 0.15) is 0 Å². The molecule has 2 heterocycles. The van der Waals surface area contributed by atoms with Gasteiger partial charge in [-0.2, -0.15) is 0 Å². The lowest BCUT2D eigenvalue weighted by Crippen LogP contribution is -2.35. The summed E-state index contributed by atoms with van der Waals surface area (Å²) in [7, 11) is 0. The average molecular weight is 523 g/mol.